The lowest BCUT2D eigenvalue weighted by Gasteiger charge is -2.38. The number of rotatable bonds is 4. The van der Waals surface area contributed by atoms with E-state index in [2.05, 4.69) is 63.3 Å². The molecule has 0 aliphatic heterocycles. The van der Waals surface area contributed by atoms with E-state index in [1.165, 1.54) is 36.1 Å². The first-order valence-corrected chi connectivity index (χ1v) is 7.97. The molecule has 0 heterocycles. The van der Waals surface area contributed by atoms with Gasteiger partial charge < -0.3 is 10.2 Å². The van der Waals surface area contributed by atoms with E-state index in [4.69, 9.17) is 0 Å². The van der Waals surface area contributed by atoms with Crippen LogP contribution in [-0.4, -0.2) is 26.7 Å². The Bertz CT molecular complexity index is 441. The summed E-state index contributed by atoms with van der Waals surface area (Å²) in [7, 11) is 4.36. The first kappa shape index (κ1) is 15.4. The van der Waals surface area contributed by atoms with Crippen LogP contribution in [0.15, 0.2) is 18.2 Å². The molecule has 1 aliphatic rings. The maximum Gasteiger partial charge on any atom is 0.0393 e. The van der Waals surface area contributed by atoms with Gasteiger partial charge in [-0.1, -0.05) is 24.6 Å². The Morgan fingerprint density at radius 3 is 2.65 bits per heavy atom. The van der Waals surface area contributed by atoms with Crippen LogP contribution in [0, 0.1) is 25.7 Å². The van der Waals surface area contributed by atoms with Crippen LogP contribution in [0.2, 0.25) is 0 Å². The number of aryl methyl sites for hydroxylation is 2. The second-order valence-corrected chi connectivity index (χ2v) is 6.74. The van der Waals surface area contributed by atoms with E-state index in [0.717, 1.165) is 18.4 Å². The smallest absolute Gasteiger partial charge is 0.0393 e. The Morgan fingerprint density at radius 1 is 1.25 bits per heavy atom. The van der Waals surface area contributed by atoms with Crippen LogP contribution in [0.1, 0.15) is 37.3 Å². The van der Waals surface area contributed by atoms with Crippen LogP contribution >= 0.6 is 0 Å². The number of benzene rings is 1. The summed E-state index contributed by atoms with van der Waals surface area (Å²) in [6.45, 7) is 7.93. The summed E-state index contributed by atoms with van der Waals surface area (Å²) < 4.78 is 0. The first-order chi connectivity index (χ1) is 9.51. The van der Waals surface area contributed by atoms with E-state index >= 15 is 0 Å². The van der Waals surface area contributed by atoms with Crippen molar-refractivity contribution in [3.05, 3.63) is 29.3 Å². The van der Waals surface area contributed by atoms with E-state index in [1.54, 1.807) is 0 Å². The van der Waals surface area contributed by atoms with E-state index in [-0.39, 0.29) is 0 Å². The lowest BCUT2D eigenvalue weighted by atomic mass is 9.78. The molecule has 1 aliphatic carbocycles. The minimum atomic E-state index is 0.680. The topological polar surface area (TPSA) is 15.3 Å². The van der Waals surface area contributed by atoms with Crippen LogP contribution in [0.3, 0.4) is 0 Å². The summed E-state index contributed by atoms with van der Waals surface area (Å²) >= 11 is 0. The maximum absolute atomic E-state index is 3.53. The first-order valence-electron chi connectivity index (χ1n) is 7.97. The molecule has 112 valence electrons. The summed E-state index contributed by atoms with van der Waals surface area (Å²) in [5.41, 5.74) is 4.11. The van der Waals surface area contributed by atoms with Gasteiger partial charge in [0, 0.05) is 25.3 Å². The molecule has 0 saturated heterocycles. The summed E-state index contributed by atoms with van der Waals surface area (Å²) in [6.07, 6.45) is 4.04. The van der Waals surface area contributed by atoms with Crippen molar-refractivity contribution in [1.82, 2.24) is 5.32 Å². The highest BCUT2D eigenvalue weighted by atomic mass is 15.1. The SMILES string of the molecule is CNC1CCC(C)CC1CN(C)c1ccc(C)cc1C. The molecule has 2 heteroatoms. The summed E-state index contributed by atoms with van der Waals surface area (Å²) in [6, 6.07) is 7.45. The van der Waals surface area contributed by atoms with Crippen LogP contribution in [-0.2, 0) is 0 Å². The number of hydrogen-bond donors (Lipinski definition) is 1. The standard InChI is InChI=1S/C18H30N2/c1-13-7-9-18(15(3)10-13)20(5)12-16-11-14(2)6-8-17(16)19-4/h7,9-10,14,16-17,19H,6,8,11-12H2,1-5H3. The van der Waals surface area contributed by atoms with Gasteiger partial charge in [0.1, 0.15) is 0 Å². The molecule has 0 amide bonds. The predicted molar refractivity (Wildman–Crippen MR) is 88.5 cm³/mol. The molecular formula is C18H30N2. The highest BCUT2D eigenvalue weighted by molar-refractivity contribution is 5.53. The van der Waals surface area contributed by atoms with Crippen LogP contribution in [0.5, 0.6) is 0 Å². The van der Waals surface area contributed by atoms with Crippen molar-refractivity contribution in [2.45, 2.75) is 46.1 Å². The Labute approximate surface area is 124 Å². The number of hydrogen-bond acceptors (Lipinski definition) is 2. The largest absolute Gasteiger partial charge is 0.374 e. The van der Waals surface area contributed by atoms with E-state index in [1.807, 2.05) is 0 Å². The molecule has 0 aromatic heterocycles. The van der Waals surface area contributed by atoms with Crippen LogP contribution < -0.4 is 10.2 Å². The van der Waals surface area contributed by atoms with Crippen molar-refractivity contribution in [2.75, 3.05) is 25.5 Å². The molecule has 1 fully saturated rings. The van der Waals surface area contributed by atoms with Gasteiger partial charge in [-0.25, -0.2) is 0 Å². The van der Waals surface area contributed by atoms with Gasteiger partial charge in [0.05, 0.1) is 0 Å². The highest BCUT2D eigenvalue weighted by Crippen LogP contribution is 2.31. The molecule has 2 rings (SSSR count). The summed E-state index contributed by atoms with van der Waals surface area (Å²) in [5, 5.41) is 3.53. The van der Waals surface area contributed by atoms with Crippen molar-refractivity contribution >= 4 is 5.69 Å². The zero-order chi connectivity index (χ0) is 14.7. The Morgan fingerprint density at radius 2 is 2.00 bits per heavy atom. The zero-order valence-electron chi connectivity index (χ0n) is 13.7. The third-order valence-corrected chi connectivity index (χ3v) is 4.89. The second kappa shape index (κ2) is 6.62. The molecule has 1 aromatic carbocycles. The fraction of sp³-hybridized carbons (Fsp3) is 0.667. The quantitative estimate of drug-likeness (QED) is 0.899. The fourth-order valence-corrected chi connectivity index (χ4v) is 3.76. The summed E-state index contributed by atoms with van der Waals surface area (Å²) in [4.78, 5) is 2.45. The van der Waals surface area contributed by atoms with Gasteiger partial charge in [0.25, 0.3) is 0 Å². The molecule has 0 spiro atoms. The highest BCUT2D eigenvalue weighted by Gasteiger charge is 2.28. The van der Waals surface area contributed by atoms with Crippen molar-refractivity contribution in [2.24, 2.45) is 11.8 Å². The van der Waals surface area contributed by atoms with Crippen molar-refractivity contribution < 1.29 is 0 Å². The number of anilines is 1. The van der Waals surface area contributed by atoms with Crippen molar-refractivity contribution in [3.63, 3.8) is 0 Å². The van der Waals surface area contributed by atoms with Gasteiger partial charge in [0.2, 0.25) is 0 Å². The molecule has 0 bridgehead atoms. The number of nitrogens with one attached hydrogen (secondary N) is 1. The fourth-order valence-electron chi connectivity index (χ4n) is 3.76. The van der Waals surface area contributed by atoms with Gasteiger partial charge >= 0.3 is 0 Å². The average molecular weight is 274 g/mol. The molecule has 0 radical (unpaired) electrons. The lowest BCUT2D eigenvalue weighted by molar-refractivity contribution is 0.225. The molecule has 2 nitrogen and oxygen atoms in total. The Balaban J connectivity index is 2.07. The van der Waals surface area contributed by atoms with E-state index in [0.29, 0.717) is 6.04 Å². The third-order valence-electron chi connectivity index (χ3n) is 4.89. The monoisotopic (exact) mass is 274 g/mol. The van der Waals surface area contributed by atoms with Gasteiger partial charge in [-0.3, -0.25) is 0 Å². The molecule has 1 aromatic rings. The minimum Gasteiger partial charge on any atom is -0.374 e. The van der Waals surface area contributed by atoms with Gasteiger partial charge in [-0.2, -0.15) is 0 Å². The predicted octanol–water partition coefficient (Wildman–Crippen LogP) is 3.76. The molecule has 3 unspecified atom stereocenters. The van der Waals surface area contributed by atoms with Crippen LogP contribution in [0.4, 0.5) is 5.69 Å². The minimum absolute atomic E-state index is 0.680. The normalized spacial score (nSPS) is 26.6. The second-order valence-electron chi connectivity index (χ2n) is 6.74. The molecular weight excluding hydrogens is 244 g/mol. The van der Waals surface area contributed by atoms with Crippen LogP contribution in [0.25, 0.3) is 0 Å². The van der Waals surface area contributed by atoms with E-state index < -0.39 is 0 Å². The average Bonchev–Trinajstić information content (AvgIpc) is 2.38. The Kier molecular flexibility index (Phi) is 5.09. The Hall–Kier alpha value is -1.02. The zero-order valence-corrected chi connectivity index (χ0v) is 13.7. The maximum atomic E-state index is 3.53. The molecule has 1 saturated carbocycles. The lowest BCUT2D eigenvalue weighted by Crippen LogP contribution is -2.43. The molecule has 3 atom stereocenters. The van der Waals surface area contributed by atoms with Gasteiger partial charge in [0.15, 0.2) is 0 Å². The van der Waals surface area contributed by atoms with Gasteiger partial charge in [-0.15, -0.1) is 0 Å². The number of nitrogens with zero attached hydrogens (tertiary/aromatic N) is 1. The molecule has 1 N–H and O–H groups in total. The van der Waals surface area contributed by atoms with Crippen molar-refractivity contribution in [3.8, 4) is 0 Å². The molecule has 20 heavy (non-hydrogen) atoms. The van der Waals surface area contributed by atoms with Gasteiger partial charge in [-0.05, 0) is 63.6 Å². The van der Waals surface area contributed by atoms with Crippen molar-refractivity contribution in [1.29, 1.82) is 0 Å². The summed E-state index contributed by atoms with van der Waals surface area (Å²) in [5.74, 6) is 1.63. The van der Waals surface area contributed by atoms with E-state index in [9.17, 15) is 0 Å². The third kappa shape index (κ3) is 3.54.